The molecule has 0 radical (unpaired) electrons. The average Bonchev–Trinajstić information content (AvgIpc) is 3.20. The maximum absolute atomic E-state index is 13.4. The lowest BCUT2D eigenvalue weighted by molar-refractivity contribution is -0.139. The molecule has 198 valence electrons. The largest absolute Gasteiger partial charge is 0.507 e. The van der Waals surface area contributed by atoms with Crippen LogP contribution in [0.3, 0.4) is 0 Å². The summed E-state index contributed by atoms with van der Waals surface area (Å²) >= 11 is 0. The third kappa shape index (κ3) is 5.09. The highest BCUT2D eigenvalue weighted by Gasteiger charge is 2.45. The number of aliphatic hydroxyl groups excluding tert-OH is 1. The monoisotopic (exact) mass is 515 g/mol. The number of carbonyl (C=O) groups excluding carboxylic acids is 2. The molecule has 0 spiro atoms. The van der Waals surface area contributed by atoms with Crippen LogP contribution in [0.15, 0.2) is 72.3 Å². The van der Waals surface area contributed by atoms with Crippen molar-refractivity contribution in [3.63, 3.8) is 0 Å². The molecular weight excluding hydrogens is 482 g/mol. The van der Waals surface area contributed by atoms with Gasteiger partial charge in [0.05, 0.1) is 32.9 Å². The number of ketones is 1. The van der Waals surface area contributed by atoms with Gasteiger partial charge in [0.2, 0.25) is 0 Å². The molecule has 3 aromatic carbocycles. The summed E-state index contributed by atoms with van der Waals surface area (Å²) in [5.41, 5.74) is 3.11. The van der Waals surface area contributed by atoms with E-state index in [2.05, 4.69) is 0 Å². The van der Waals surface area contributed by atoms with Gasteiger partial charge in [-0.15, -0.1) is 0 Å². The van der Waals surface area contributed by atoms with Crippen LogP contribution in [0.5, 0.6) is 17.2 Å². The summed E-state index contributed by atoms with van der Waals surface area (Å²) in [4.78, 5) is 28.2. The van der Waals surface area contributed by atoms with Crippen LogP contribution in [-0.4, -0.2) is 49.6 Å². The number of methoxy groups -OCH3 is 3. The maximum atomic E-state index is 13.4. The average molecular weight is 516 g/mol. The summed E-state index contributed by atoms with van der Waals surface area (Å²) in [7, 11) is 4.74. The molecule has 0 aromatic heterocycles. The number of hydrogen-bond donors (Lipinski definition) is 1. The Morgan fingerprint density at radius 3 is 2.16 bits per heavy atom. The van der Waals surface area contributed by atoms with Crippen molar-refractivity contribution in [2.45, 2.75) is 32.2 Å². The second-order valence-corrected chi connectivity index (χ2v) is 9.45. The van der Waals surface area contributed by atoms with Crippen LogP contribution in [-0.2, 0) is 16.0 Å². The third-order valence-electron chi connectivity index (χ3n) is 6.87. The first-order valence-corrected chi connectivity index (χ1v) is 12.5. The minimum atomic E-state index is -0.721. The quantitative estimate of drug-likeness (QED) is 0.230. The van der Waals surface area contributed by atoms with E-state index in [1.165, 1.54) is 4.90 Å². The number of Topliss-reactive ketones (excluding diaryl/α,β-unsaturated/α-hetero) is 1. The maximum Gasteiger partial charge on any atom is 0.295 e. The highest BCUT2D eigenvalue weighted by molar-refractivity contribution is 6.46. The number of likely N-dealkylation sites (tertiary alicyclic amines) is 1. The minimum absolute atomic E-state index is 0.0772. The Hall–Kier alpha value is -4.26. The Kier molecular flexibility index (Phi) is 8.05. The summed E-state index contributed by atoms with van der Waals surface area (Å²) < 4.78 is 16.2. The highest BCUT2D eigenvalue weighted by atomic mass is 16.5. The lowest BCUT2D eigenvalue weighted by Crippen LogP contribution is -2.31. The summed E-state index contributed by atoms with van der Waals surface area (Å²) in [6, 6.07) is 19.5. The lowest BCUT2D eigenvalue weighted by Gasteiger charge is -2.25. The lowest BCUT2D eigenvalue weighted by atomic mass is 9.93. The molecule has 1 N–H and O–H groups in total. The van der Waals surface area contributed by atoms with Crippen molar-refractivity contribution in [3.05, 3.63) is 94.6 Å². The van der Waals surface area contributed by atoms with E-state index in [1.54, 1.807) is 33.5 Å². The summed E-state index contributed by atoms with van der Waals surface area (Å²) in [5, 5.41) is 11.4. The molecular formula is C31H33NO6. The van der Waals surface area contributed by atoms with Crippen LogP contribution in [0.4, 0.5) is 0 Å². The zero-order valence-electron chi connectivity index (χ0n) is 22.4. The molecule has 0 saturated carbocycles. The number of aliphatic hydroxyl groups is 1. The SMILES string of the molecule is COc1ccc(CCN2C(=O)C(=O)/C(=C(\O)c3ccc(OC)c(C(C)C)c3)C2c2ccccc2)cc1OC. The number of hydrogen-bond acceptors (Lipinski definition) is 6. The molecule has 1 amide bonds. The molecule has 1 aliphatic heterocycles. The van der Waals surface area contributed by atoms with E-state index >= 15 is 0 Å². The first-order chi connectivity index (χ1) is 18.3. The summed E-state index contributed by atoms with van der Waals surface area (Å²) in [5.74, 6) is 0.492. The molecule has 7 heteroatoms. The zero-order chi connectivity index (χ0) is 27.4. The Morgan fingerprint density at radius 1 is 0.868 bits per heavy atom. The van der Waals surface area contributed by atoms with Gasteiger partial charge < -0.3 is 24.2 Å². The van der Waals surface area contributed by atoms with Gasteiger partial charge in [-0.3, -0.25) is 9.59 Å². The Balaban J connectivity index is 1.76. The summed E-state index contributed by atoms with van der Waals surface area (Å²) in [6.07, 6.45) is 0.483. The molecule has 1 atom stereocenters. The fraction of sp³-hybridized carbons (Fsp3) is 0.290. The van der Waals surface area contributed by atoms with Crippen molar-refractivity contribution in [2.24, 2.45) is 0 Å². The topological polar surface area (TPSA) is 85.3 Å². The normalized spacial score (nSPS) is 16.7. The van der Waals surface area contributed by atoms with E-state index < -0.39 is 17.7 Å². The molecule has 1 aliphatic rings. The minimum Gasteiger partial charge on any atom is -0.507 e. The van der Waals surface area contributed by atoms with Gasteiger partial charge in [-0.05, 0) is 59.4 Å². The van der Waals surface area contributed by atoms with Crippen molar-refractivity contribution in [1.29, 1.82) is 0 Å². The Morgan fingerprint density at radius 2 is 1.53 bits per heavy atom. The third-order valence-corrected chi connectivity index (χ3v) is 6.87. The predicted molar refractivity (Wildman–Crippen MR) is 146 cm³/mol. The van der Waals surface area contributed by atoms with E-state index in [1.807, 2.05) is 68.4 Å². The molecule has 0 bridgehead atoms. The van der Waals surface area contributed by atoms with Gasteiger partial charge in [-0.25, -0.2) is 0 Å². The Labute approximate surface area is 223 Å². The number of carbonyl (C=O) groups is 2. The molecule has 1 unspecified atom stereocenters. The van der Waals surface area contributed by atoms with E-state index in [0.29, 0.717) is 29.2 Å². The molecule has 7 nitrogen and oxygen atoms in total. The fourth-order valence-electron chi connectivity index (χ4n) is 4.87. The number of benzene rings is 3. The van der Waals surface area contributed by atoms with E-state index in [4.69, 9.17) is 14.2 Å². The molecule has 1 heterocycles. The second kappa shape index (κ2) is 11.4. The highest BCUT2D eigenvalue weighted by Crippen LogP contribution is 2.40. The number of amides is 1. The molecule has 0 aliphatic carbocycles. The predicted octanol–water partition coefficient (Wildman–Crippen LogP) is 5.50. The number of nitrogens with zero attached hydrogens (tertiary/aromatic N) is 1. The number of ether oxygens (including phenoxy) is 3. The van der Waals surface area contributed by atoms with Crippen LogP contribution >= 0.6 is 0 Å². The summed E-state index contributed by atoms with van der Waals surface area (Å²) in [6.45, 7) is 4.33. The number of rotatable bonds is 9. The fourth-order valence-corrected chi connectivity index (χ4v) is 4.87. The van der Waals surface area contributed by atoms with Crippen molar-refractivity contribution in [1.82, 2.24) is 4.90 Å². The van der Waals surface area contributed by atoms with Crippen LogP contribution in [0.1, 0.15) is 48.1 Å². The van der Waals surface area contributed by atoms with Gasteiger partial charge in [0.1, 0.15) is 11.5 Å². The van der Waals surface area contributed by atoms with Gasteiger partial charge in [0.15, 0.2) is 11.5 Å². The first kappa shape index (κ1) is 26.8. The second-order valence-electron chi connectivity index (χ2n) is 9.45. The van der Waals surface area contributed by atoms with Gasteiger partial charge in [0.25, 0.3) is 11.7 Å². The van der Waals surface area contributed by atoms with Crippen LogP contribution < -0.4 is 14.2 Å². The molecule has 3 aromatic rings. The van der Waals surface area contributed by atoms with Crippen molar-refractivity contribution >= 4 is 17.4 Å². The van der Waals surface area contributed by atoms with Gasteiger partial charge >= 0.3 is 0 Å². The van der Waals surface area contributed by atoms with Crippen molar-refractivity contribution in [2.75, 3.05) is 27.9 Å². The van der Waals surface area contributed by atoms with Crippen LogP contribution in [0.2, 0.25) is 0 Å². The standard InChI is InChI=1S/C31H33NO6/c1-19(2)23-18-22(12-14-24(23)36-3)29(33)27-28(21-9-7-6-8-10-21)32(31(35)30(27)34)16-15-20-11-13-25(37-4)26(17-20)38-5/h6-14,17-19,28,33H,15-16H2,1-5H3/b29-27-. The van der Waals surface area contributed by atoms with E-state index in [9.17, 15) is 14.7 Å². The van der Waals surface area contributed by atoms with Crippen LogP contribution in [0.25, 0.3) is 5.76 Å². The molecule has 1 saturated heterocycles. The van der Waals surface area contributed by atoms with Gasteiger partial charge in [0, 0.05) is 12.1 Å². The van der Waals surface area contributed by atoms with Crippen molar-refractivity contribution < 1.29 is 28.9 Å². The van der Waals surface area contributed by atoms with Crippen LogP contribution in [0, 0.1) is 0 Å². The van der Waals surface area contributed by atoms with Gasteiger partial charge in [-0.1, -0.05) is 50.2 Å². The van der Waals surface area contributed by atoms with E-state index in [0.717, 1.165) is 16.7 Å². The molecule has 38 heavy (non-hydrogen) atoms. The zero-order valence-corrected chi connectivity index (χ0v) is 22.4. The van der Waals surface area contributed by atoms with E-state index in [-0.39, 0.29) is 23.8 Å². The first-order valence-electron chi connectivity index (χ1n) is 12.5. The molecule has 4 rings (SSSR count). The molecule has 1 fully saturated rings. The smallest absolute Gasteiger partial charge is 0.295 e. The van der Waals surface area contributed by atoms with Gasteiger partial charge in [-0.2, -0.15) is 0 Å². The Bertz CT molecular complexity index is 1360. The van der Waals surface area contributed by atoms with Crippen molar-refractivity contribution in [3.8, 4) is 17.2 Å².